The summed E-state index contributed by atoms with van der Waals surface area (Å²) in [6.45, 7) is 4.45. The molecule has 0 bridgehead atoms. The molecule has 0 unspecified atom stereocenters. The maximum absolute atomic E-state index is 6.03. The molecule has 0 aliphatic heterocycles. The number of nitrogens with zero attached hydrogens (tertiary/aromatic N) is 2. The number of aryl methyl sites for hydroxylation is 2. The highest BCUT2D eigenvalue weighted by molar-refractivity contribution is 6.30. The number of aromatic nitrogens is 2. The Labute approximate surface area is 169 Å². The molecule has 0 amide bonds. The van der Waals surface area contributed by atoms with E-state index in [-0.39, 0.29) is 0 Å². The summed E-state index contributed by atoms with van der Waals surface area (Å²) >= 11 is 6.03. The lowest BCUT2D eigenvalue weighted by atomic mass is 10.2. The van der Waals surface area contributed by atoms with Gasteiger partial charge < -0.3 is 20.1 Å². The highest BCUT2D eigenvalue weighted by atomic mass is 35.5. The van der Waals surface area contributed by atoms with Crippen LogP contribution in [0.15, 0.2) is 42.5 Å². The molecule has 0 aliphatic rings. The van der Waals surface area contributed by atoms with Crippen LogP contribution < -0.4 is 20.1 Å². The number of hydrogen-bond donors (Lipinski definition) is 2. The Hall–Kier alpha value is -2.99. The van der Waals surface area contributed by atoms with E-state index in [1.165, 1.54) is 0 Å². The van der Waals surface area contributed by atoms with Gasteiger partial charge >= 0.3 is 0 Å². The number of anilines is 3. The minimum absolute atomic E-state index is 0.593. The molecular weight excluding hydrogens is 376 g/mol. The minimum atomic E-state index is 0.593. The van der Waals surface area contributed by atoms with Gasteiger partial charge in [0.05, 0.1) is 14.2 Å². The molecule has 3 aromatic rings. The topological polar surface area (TPSA) is 68.3 Å². The highest BCUT2D eigenvalue weighted by Gasteiger charge is 2.07. The van der Waals surface area contributed by atoms with Gasteiger partial charge in [-0.05, 0) is 55.3 Å². The van der Waals surface area contributed by atoms with Crippen molar-refractivity contribution >= 4 is 28.9 Å². The van der Waals surface area contributed by atoms with E-state index in [2.05, 4.69) is 20.6 Å². The smallest absolute Gasteiger partial charge is 0.161 e. The average molecular weight is 399 g/mol. The lowest BCUT2D eigenvalue weighted by molar-refractivity contribution is 0.354. The molecule has 0 fully saturated rings. The molecule has 2 aromatic carbocycles. The molecular formula is C21H23ClN4O2. The van der Waals surface area contributed by atoms with Crippen LogP contribution in [-0.4, -0.2) is 24.2 Å². The van der Waals surface area contributed by atoms with Crippen LogP contribution in [0.25, 0.3) is 0 Å². The molecule has 0 saturated carbocycles. The Kier molecular flexibility index (Phi) is 6.21. The van der Waals surface area contributed by atoms with Crippen LogP contribution in [0, 0.1) is 13.8 Å². The zero-order valence-corrected chi connectivity index (χ0v) is 17.1. The van der Waals surface area contributed by atoms with E-state index in [4.69, 9.17) is 21.1 Å². The Bertz CT molecular complexity index is 979. The van der Waals surface area contributed by atoms with E-state index in [9.17, 15) is 0 Å². The lowest BCUT2D eigenvalue weighted by Crippen LogP contribution is -2.06. The van der Waals surface area contributed by atoms with Gasteiger partial charge in [-0.1, -0.05) is 17.7 Å². The number of methoxy groups -OCH3 is 2. The summed E-state index contributed by atoms with van der Waals surface area (Å²) in [5.74, 6) is 3.52. The van der Waals surface area contributed by atoms with E-state index in [1.54, 1.807) is 14.2 Å². The first-order valence-electron chi connectivity index (χ1n) is 8.82. The monoisotopic (exact) mass is 398 g/mol. The minimum Gasteiger partial charge on any atom is -0.493 e. The van der Waals surface area contributed by atoms with Crippen molar-refractivity contribution in [2.45, 2.75) is 20.4 Å². The number of rotatable bonds is 7. The second kappa shape index (κ2) is 8.80. The Balaban J connectivity index is 1.74. The van der Waals surface area contributed by atoms with E-state index >= 15 is 0 Å². The summed E-state index contributed by atoms with van der Waals surface area (Å²) in [5.41, 5.74) is 3.05. The number of halogens is 1. The first kappa shape index (κ1) is 19.8. The Morgan fingerprint density at radius 1 is 0.893 bits per heavy atom. The summed E-state index contributed by atoms with van der Waals surface area (Å²) < 4.78 is 10.6. The normalized spacial score (nSPS) is 10.5. The number of ether oxygens (including phenoxy) is 2. The SMILES string of the molecule is COc1ccc(CNc2cc(Nc3ccc(Cl)cc3C)nc(C)n2)cc1OC. The summed E-state index contributed by atoms with van der Waals surface area (Å²) in [6.07, 6.45) is 0. The zero-order valence-electron chi connectivity index (χ0n) is 16.3. The highest BCUT2D eigenvalue weighted by Crippen LogP contribution is 2.28. The average Bonchev–Trinajstić information content (AvgIpc) is 2.68. The van der Waals surface area contributed by atoms with Gasteiger partial charge in [-0.2, -0.15) is 0 Å². The number of nitrogens with one attached hydrogen (secondary N) is 2. The molecule has 0 spiro atoms. The van der Waals surface area contributed by atoms with Gasteiger partial charge in [0, 0.05) is 23.3 Å². The maximum Gasteiger partial charge on any atom is 0.161 e. The molecule has 0 radical (unpaired) electrons. The van der Waals surface area contributed by atoms with Crippen molar-refractivity contribution in [1.29, 1.82) is 0 Å². The van der Waals surface area contributed by atoms with E-state index in [0.717, 1.165) is 22.6 Å². The van der Waals surface area contributed by atoms with Crippen molar-refractivity contribution in [1.82, 2.24) is 9.97 Å². The molecule has 1 aromatic heterocycles. The Morgan fingerprint density at radius 2 is 1.64 bits per heavy atom. The summed E-state index contributed by atoms with van der Waals surface area (Å²) in [6, 6.07) is 13.4. The standard InChI is InChI=1S/C21H23ClN4O2/c1-13-9-16(22)6-7-17(13)26-21-11-20(24-14(2)25-21)23-12-15-5-8-18(27-3)19(10-15)28-4/h5-11H,12H2,1-4H3,(H2,23,24,25,26). The van der Waals surface area contributed by atoms with Crippen molar-refractivity contribution < 1.29 is 9.47 Å². The van der Waals surface area contributed by atoms with Crippen LogP contribution in [0.4, 0.5) is 17.3 Å². The van der Waals surface area contributed by atoms with Crippen LogP contribution in [-0.2, 0) is 6.54 Å². The van der Waals surface area contributed by atoms with Gasteiger partial charge in [0.15, 0.2) is 11.5 Å². The van der Waals surface area contributed by atoms with Gasteiger partial charge in [0.25, 0.3) is 0 Å². The summed E-state index contributed by atoms with van der Waals surface area (Å²) in [5, 5.41) is 7.37. The lowest BCUT2D eigenvalue weighted by Gasteiger charge is -2.13. The molecule has 1 heterocycles. The molecule has 28 heavy (non-hydrogen) atoms. The summed E-state index contributed by atoms with van der Waals surface area (Å²) in [7, 11) is 3.25. The molecule has 7 heteroatoms. The van der Waals surface area contributed by atoms with Gasteiger partial charge in [-0.25, -0.2) is 9.97 Å². The first-order chi connectivity index (χ1) is 13.5. The van der Waals surface area contributed by atoms with Crippen molar-refractivity contribution in [2.75, 3.05) is 24.9 Å². The summed E-state index contributed by atoms with van der Waals surface area (Å²) in [4.78, 5) is 8.93. The second-order valence-electron chi connectivity index (χ2n) is 6.31. The van der Waals surface area contributed by atoms with E-state index < -0.39 is 0 Å². The largest absolute Gasteiger partial charge is 0.493 e. The number of hydrogen-bond acceptors (Lipinski definition) is 6. The van der Waals surface area contributed by atoms with E-state index in [1.807, 2.05) is 56.3 Å². The molecule has 3 rings (SSSR count). The van der Waals surface area contributed by atoms with Gasteiger partial charge in [-0.15, -0.1) is 0 Å². The zero-order chi connectivity index (χ0) is 20.1. The molecule has 146 valence electrons. The van der Waals surface area contributed by atoms with E-state index in [0.29, 0.717) is 34.7 Å². The van der Waals surface area contributed by atoms with Gasteiger partial charge in [0.1, 0.15) is 17.5 Å². The third kappa shape index (κ3) is 4.84. The second-order valence-corrected chi connectivity index (χ2v) is 6.75. The fourth-order valence-electron chi connectivity index (χ4n) is 2.81. The molecule has 0 aliphatic carbocycles. The quantitative estimate of drug-likeness (QED) is 0.575. The van der Waals surface area contributed by atoms with Crippen molar-refractivity contribution in [3.05, 3.63) is 64.4 Å². The molecule has 0 saturated heterocycles. The Morgan fingerprint density at radius 3 is 2.36 bits per heavy atom. The van der Waals surface area contributed by atoms with Gasteiger partial charge in [-0.3, -0.25) is 0 Å². The first-order valence-corrected chi connectivity index (χ1v) is 9.20. The van der Waals surface area contributed by atoms with Gasteiger partial charge in [0.2, 0.25) is 0 Å². The molecule has 2 N–H and O–H groups in total. The van der Waals surface area contributed by atoms with Crippen molar-refractivity contribution in [3.63, 3.8) is 0 Å². The van der Waals surface area contributed by atoms with Crippen LogP contribution in [0.3, 0.4) is 0 Å². The fourth-order valence-corrected chi connectivity index (χ4v) is 3.04. The van der Waals surface area contributed by atoms with Crippen molar-refractivity contribution in [3.8, 4) is 11.5 Å². The van der Waals surface area contributed by atoms with Crippen LogP contribution >= 0.6 is 11.6 Å². The maximum atomic E-state index is 6.03. The molecule has 0 atom stereocenters. The van der Waals surface area contributed by atoms with Crippen molar-refractivity contribution in [2.24, 2.45) is 0 Å². The van der Waals surface area contributed by atoms with Crippen LogP contribution in [0.1, 0.15) is 17.0 Å². The predicted octanol–water partition coefficient (Wildman–Crippen LogP) is 5.12. The van der Waals surface area contributed by atoms with Crippen LogP contribution in [0.2, 0.25) is 5.02 Å². The predicted molar refractivity (Wildman–Crippen MR) is 113 cm³/mol. The molecule has 6 nitrogen and oxygen atoms in total. The van der Waals surface area contributed by atoms with Crippen LogP contribution in [0.5, 0.6) is 11.5 Å². The third-order valence-corrected chi connectivity index (χ3v) is 4.45. The third-order valence-electron chi connectivity index (χ3n) is 4.21. The fraction of sp³-hybridized carbons (Fsp3) is 0.238. The number of benzene rings is 2.